The van der Waals surface area contributed by atoms with Crippen LogP contribution in [0.3, 0.4) is 0 Å². The lowest BCUT2D eigenvalue weighted by Gasteiger charge is -2.21. The Hall–Kier alpha value is -2.66. The van der Waals surface area contributed by atoms with Crippen molar-refractivity contribution in [2.75, 3.05) is 11.9 Å². The SMILES string of the molecule is CCCCCCCCCCCCCCOc1cc(C(C)(C)C)ccc1CC(=O)Nc1ccc(C[n+]2ccsc2C)cc1. The van der Waals surface area contributed by atoms with E-state index in [1.807, 2.05) is 12.1 Å². The Kier molecular flexibility index (Phi) is 14.6. The molecule has 1 heterocycles. The molecule has 42 heavy (non-hydrogen) atoms. The molecule has 1 N–H and O–H groups in total. The van der Waals surface area contributed by atoms with Gasteiger partial charge in [-0.05, 0) is 35.6 Å². The fourth-order valence-corrected chi connectivity index (χ4v) is 5.90. The van der Waals surface area contributed by atoms with E-state index in [0.717, 1.165) is 30.0 Å². The van der Waals surface area contributed by atoms with Gasteiger partial charge in [-0.3, -0.25) is 4.79 Å². The number of thiazole rings is 1. The molecule has 0 spiro atoms. The van der Waals surface area contributed by atoms with Gasteiger partial charge >= 0.3 is 0 Å². The summed E-state index contributed by atoms with van der Waals surface area (Å²) in [4.78, 5) is 13.0. The van der Waals surface area contributed by atoms with Gasteiger partial charge in [0, 0.05) is 23.7 Å². The van der Waals surface area contributed by atoms with E-state index in [0.29, 0.717) is 13.0 Å². The van der Waals surface area contributed by atoms with Gasteiger partial charge in [0.15, 0.2) is 12.7 Å². The molecule has 1 amide bonds. The van der Waals surface area contributed by atoms with Gasteiger partial charge in [0.2, 0.25) is 10.9 Å². The number of rotatable bonds is 19. The number of hydrogen-bond acceptors (Lipinski definition) is 3. The molecule has 2 aromatic carbocycles. The minimum atomic E-state index is -0.0236. The number of amides is 1. The second kappa shape index (κ2) is 18.1. The van der Waals surface area contributed by atoms with Crippen LogP contribution in [0, 0.1) is 6.92 Å². The summed E-state index contributed by atoms with van der Waals surface area (Å²) in [5.41, 5.74) is 4.23. The Labute approximate surface area is 259 Å². The summed E-state index contributed by atoms with van der Waals surface area (Å²) in [7, 11) is 0. The van der Waals surface area contributed by atoms with Crippen LogP contribution in [0.5, 0.6) is 5.75 Å². The molecule has 0 fully saturated rings. The molecular formula is C37H55N2O2S+. The first-order valence-corrected chi connectivity index (χ1v) is 17.2. The highest BCUT2D eigenvalue weighted by molar-refractivity contribution is 7.09. The lowest BCUT2D eigenvalue weighted by molar-refractivity contribution is -0.689. The average molecular weight is 592 g/mol. The summed E-state index contributed by atoms with van der Waals surface area (Å²) in [6, 6.07) is 14.5. The molecular weight excluding hydrogens is 536 g/mol. The Balaban J connectivity index is 1.44. The number of ether oxygens (including phenoxy) is 1. The Morgan fingerprint density at radius 2 is 1.48 bits per heavy atom. The summed E-state index contributed by atoms with van der Waals surface area (Å²) >= 11 is 1.75. The number of anilines is 1. The zero-order chi connectivity index (χ0) is 30.2. The van der Waals surface area contributed by atoms with Crippen molar-refractivity contribution in [1.82, 2.24) is 0 Å². The number of benzene rings is 2. The van der Waals surface area contributed by atoms with Crippen molar-refractivity contribution in [1.29, 1.82) is 0 Å². The third-order valence-corrected chi connectivity index (χ3v) is 8.85. The number of nitrogens with one attached hydrogen (secondary N) is 1. The topological polar surface area (TPSA) is 42.2 Å². The lowest BCUT2D eigenvalue weighted by atomic mass is 9.86. The maximum absolute atomic E-state index is 13.0. The molecule has 0 saturated heterocycles. The van der Waals surface area contributed by atoms with Crippen LogP contribution >= 0.6 is 11.3 Å². The number of carbonyl (C=O) groups is 1. The lowest BCUT2D eigenvalue weighted by Crippen LogP contribution is -2.34. The van der Waals surface area contributed by atoms with E-state index >= 15 is 0 Å². The van der Waals surface area contributed by atoms with Crippen molar-refractivity contribution in [3.05, 3.63) is 75.7 Å². The van der Waals surface area contributed by atoms with Crippen molar-refractivity contribution < 1.29 is 14.1 Å². The number of aromatic nitrogens is 1. The smallest absolute Gasteiger partial charge is 0.234 e. The fourth-order valence-electron chi connectivity index (χ4n) is 5.23. The van der Waals surface area contributed by atoms with E-state index in [1.54, 1.807) is 11.3 Å². The number of carbonyl (C=O) groups excluding carboxylic acids is 1. The predicted molar refractivity (Wildman–Crippen MR) is 179 cm³/mol. The molecule has 230 valence electrons. The Morgan fingerprint density at radius 1 is 0.857 bits per heavy atom. The van der Waals surface area contributed by atoms with Gasteiger partial charge in [-0.1, -0.05) is 134 Å². The third-order valence-electron chi connectivity index (χ3n) is 8.01. The maximum Gasteiger partial charge on any atom is 0.234 e. The highest BCUT2D eigenvalue weighted by Gasteiger charge is 2.18. The van der Waals surface area contributed by atoms with Crippen molar-refractivity contribution in [2.24, 2.45) is 0 Å². The first kappa shape index (κ1) is 33.8. The highest BCUT2D eigenvalue weighted by atomic mass is 32.1. The van der Waals surface area contributed by atoms with Gasteiger partial charge in [-0.15, -0.1) is 0 Å². The quantitative estimate of drug-likeness (QED) is 0.111. The number of nitrogens with zero attached hydrogens (tertiary/aromatic N) is 1. The highest BCUT2D eigenvalue weighted by Crippen LogP contribution is 2.29. The molecule has 1 aromatic heterocycles. The van der Waals surface area contributed by atoms with E-state index in [-0.39, 0.29) is 11.3 Å². The fraction of sp³-hybridized carbons (Fsp3) is 0.568. The molecule has 0 unspecified atom stereocenters. The van der Waals surface area contributed by atoms with E-state index in [2.05, 4.69) is 86.4 Å². The van der Waals surface area contributed by atoms with Crippen LogP contribution in [0.2, 0.25) is 0 Å². The molecule has 0 saturated carbocycles. The Bertz CT molecular complexity index is 1190. The van der Waals surface area contributed by atoms with Crippen LogP contribution in [0.15, 0.2) is 54.0 Å². The summed E-state index contributed by atoms with van der Waals surface area (Å²) in [5, 5.41) is 6.46. The first-order chi connectivity index (χ1) is 20.3. The standard InChI is InChI=1S/C37H54N2O2S/c1-6-7-8-9-10-11-12-13-14-15-16-17-25-41-35-28-33(37(3,4)5)21-20-32(35)27-36(40)38-34-22-18-31(19-23-34)29-39-24-26-42-30(39)2/h18-24,26,28H,6-17,25,27,29H2,1-5H3/p+1. The van der Waals surface area contributed by atoms with Crippen molar-refractivity contribution in [3.63, 3.8) is 0 Å². The van der Waals surface area contributed by atoms with Gasteiger partial charge in [0.05, 0.1) is 18.4 Å². The largest absolute Gasteiger partial charge is 0.493 e. The van der Waals surface area contributed by atoms with E-state index in [4.69, 9.17) is 4.74 Å². The molecule has 0 aliphatic heterocycles. The molecule has 0 aliphatic rings. The molecule has 3 aromatic rings. The Morgan fingerprint density at radius 3 is 2.05 bits per heavy atom. The van der Waals surface area contributed by atoms with Crippen LogP contribution in [0.25, 0.3) is 0 Å². The number of unbranched alkanes of at least 4 members (excludes halogenated alkanes) is 11. The van der Waals surface area contributed by atoms with Crippen molar-refractivity contribution in [2.45, 2.75) is 130 Å². The molecule has 0 radical (unpaired) electrons. The number of hydrogen-bond donors (Lipinski definition) is 1. The monoisotopic (exact) mass is 591 g/mol. The summed E-state index contributed by atoms with van der Waals surface area (Å²) in [6.45, 7) is 12.6. The zero-order valence-corrected chi connectivity index (χ0v) is 27.8. The first-order valence-electron chi connectivity index (χ1n) is 16.3. The minimum absolute atomic E-state index is 0.0236. The van der Waals surface area contributed by atoms with Gasteiger partial charge < -0.3 is 10.1 Å². The second-order valence-corrected chi connectivity index (χ2v) is 13.9. The normalized spacial score (nSPS) is 11.5. The predicted octanol–water partition coefficient (Wildman–Crippen LogP) is 9.95. The molecule has 3 rings (SSSR count). The molecule has 0 bridgehead atoms. The average Bonchev–Trinajstić information content (AvgIpc) is 3.36. The van der Waals surface area contributed by atoms with Crippen LogP contribution < -0.4 is 14.6 Å². The summed E-state index contributed by atoms with van der Waals surface area (Å²) in [5.74, 6) is 0.823. The van der Waals surface area contributed by atoms with Crippen LogP contribution in [0.4, 0.5) is 5.69 Å². The summed E-state index contributed by atoms with van der Waals surface area (Å²) < 4.78 is 8.54. The van der Waals surface area contributed by atoms with E-state index in [9.17, 15) is 4.79 Å². The van der Waals surface area contributed by atoms with Gasteiger partial charge in [-0.25, -0.2) is 0 Å². The third kappa shape index (κ3) is 12.3. The molecule has 5 heteroatoms. The zero-order valence-electron chi connectivity index (χ0n) is 27.0. The molecule has 0 aliphatic carbocycles. The molecule has 0 atom stereocenters. The maximum atomic E-state index is 13.0. The van der Waals surface area contributed by atoms with E-state index in [1.165, 1.54) is 86.8 Å². The van der Waals surface area contributed by atoms with Gasteiger partial charge in [-0.2, -0.15) is 4.57 Å². The van der Waals surface area contributed by atoms with Gasteiger partial charge in [0.25, 0.3) is 0 Å². The minimum Gasteiger partial charge on any atom is -0.493 e. The molecule has 4 nitrogen and oxygen atoms in total. The number of aryl methyl sites for hydroxylation is 1. The van der Waals surface area contributed by atoms with E-state index < -0.39 is 0 Å². The second-order valence-electron chi connectivity index (χ2n) is 12.8. The van der Waals surface area contributed by atoms with Crippen molar-refractivity contribution >= 4 is 22.9 Å². The van der Waals surface area contributed by atoms with Gasteiger partial charge in [0.1, 0.15) is 5.75 Å². The van der Waals surface area contributed by atoms with Crippen LogP contribution in [0.1, 0.15) is 126 Å². The van der Waals surface area contributed by atoms with Crippen LogP contribution in [-0.2, 0) is 23.2 Å². The van der Waals surface area contributed by atoms with Crippen molar-refractivity contribution in [3.8, 4) is 5.75 Å². The van der Waals surface area contributed by atoms with Crippen LogP contribution in [-0.4, -0.2) is 12.5 Å². The summed E-state index contributed by atoms with van der Waals surface area (Å²) in [6.07, 6.45) is 18.3.